The van der Waals surface area contributed by atoms with E-state index in [4.69, 9.17) is 4.74 Å². The maximum atomic E-state index is 14.1. The molecule has 4 rings (SSSR count). The van der Waals surface area contributed by atoms with E-state index < -0.39 is 29.7 Å². The molecular formula is C36H45F2N3O4. The van der Waals surface area contributed by atoms with Gasteiger partial charge in [0.2, 0.25) is 0 Å². The molecule has 242 valence electrons. The zero-order chi connectivity index (χ0) is 32.5. The maximum absolute atomic E-state index is 14.1. The van der Waals surface area contributed by atoms with Gasteiger partial charge in [-0.05, 0) is 110 Å². The fourth-order valence-corrected chi connectivity index (χ4v) is 6.11. The van der Waals surface area contributed by atoms with Crippen LogP contribution in [0.15, 0.2) is 54.6 Å². The summed E-state index contributed by atoms with van der Waals surface area (Å²) in [6, 6.07) is 13.3. The average molecular weight is 622 g/mol. The summed E-state index contributed by atoms with van der Waals surface area (Å²) in [6.45, 7) is 7.21. The molecule has 0 aromatic heterocycles. The number of nitrogens with zero attached hydrogens (tertiary/aromatic N) is 1. The van der Waals surface area contributed by atoms with Crippen molar-refractivity contribution in [2.24, 2.45) is 0 Å². The fourth-order valence-electron chi connectivity index (χ4n) is 6.11. The van der Waals surface area contributed by atoms with Crippen molar-refractivity contribution in [3.05, 3.63) is 99.6 Å². The van der Waals surface area contributed by atoms with Gasteiger partial charge in [0.25, 0.3) is 11.8 Å². The second-order valence-electron chi connectivity index (χ2n) is 11.9. The number of ether oxygens (including phenoxy) is 1. The summed E-state index contributed by atoms with van der Waals surface area (Å²) < 4.78 is 33.6. The Bertz CT molecular complexity index is 1450. The number of benzene rings is 3. The molecule has 0 heterocycles. The molecule has 0 saturated heterocycles. The van der Waals surface area contributed by atoms with Gasteiger partial charge < -0.3 is 25.4 Å². The zero-order valence-electron chi connectivity index (χ0n) is 26.7. The number of methoxy groups -OCH3 is 1. The maximum Gasteiger partial charge on any atom is 0.253 e. The lowest BCUT2D eigenvalue weighted by Crippen LogP contribution is -2.49. The third-order valence-corrected chi connectivity index (χ3v) is 8.26. The van der Waals surface area contributed by atoms with Crippen LogP contribution in [0.5, 0.6) is 5.75 Å². The number of aliphatic hydroxyl groups is 1. The molecule has 3 N–H and O–H groups in total. The summed E-state index contributed by atoms with van der Waals surface area (Å²) in [4.78, 5) is 28.7. The van der Waals surface area contributed by atoms with Gasteiger partial charge in [-0.2, -0.15) is 0 Å². The summed E-state index contributed by atoms with van der Waals surface area (Å²) in [5.41, 5.74) is 4.07. The normalized spacial score (nSPS) is 15.6. The first-order valence-corrected chi connectivity index (χ1v) is 15.9. The molecule has 0 saturated carbocycles. The van der Waals surface area contributed by atoms with Crippen molar-refractivity contribution in [1.29, 1.82) is 0 Å². The number of amides is 2. The van der Waals surface area contributed by atoms with Crippen LogP contribution in [0, 0.1) is 18.6 Å². The molecule has 7 nitrogen and oxygen atoms in total. The van der Waals surface area contributed by atoms with Crippen molar-refractivity contribution in [3.63, 3.8) is 0 Å². The number of aryl methyl sites for hydroxylation is 2. The lowest BCUT2D eigenvalue weighted by Gasteiger charge is -2.30. The highest BCUT2D eigenvalue weighted by Crippen LogP contribution is 2.32. The van der Waals surface area contributed by atoms with Crippen LogP contribution in [0.4, 0.5) is 8.78 Å². The first-order chi connectivity index (χ1) is 21.6. The number of carbonyl (C=O) groups excluding carboxylic acids is 2. The molecule has 2 amide bonds. The van der Waals surface area contributed by atoms with Crippen LogP contribution in [0.2, 0.25) is 0 Å². The van der Waals surface area contributed by atoms with Gasteiger partial charge in [0.15, 0.2) is 0 Å². The number of hydrogen-bond donors (Lipinski definition) is 3. The van der Waals surface area contributed by atoms with Crippen LogP contribution < -0.4 is 15.4 Å². The third-order valence-electron chi connectivity index (χ3n) is 8.26. The fraction of sp³-hybridized carbons (Fsp3) is 0.444. The number of rotatable bonds is 14. The standard InChI is InChI=1S/C36H45F2N3O4/c1-5-12-41(13-6-2)36(44)27-15-23(3)14-26(19-27)35(43)40-33(18-24-16-28(37)20-29(38)17-24)34(42)22-39-32-9-7-8-25-10-11-30(45-4)21-31(25)32/h10-11,14-17,19-21,32-34,39,42H,5-9,12-13,18,22H2,1-4H3,(H,40,43)/t32?,33-,34+/m0/s1. The summed E-state index contributed by atoms with van der Waals surface area (Å²) in [6.07, 6.45) is 3.35. The SMILES string of the molecule is CCCN(CCC)C(=O)c1cc(C)cc(C(=O)N[C@@H](Cc2cc(F)cc(F)c2)[C@H](O)CNC2CCCc3ccc(OC)cc32)c1. The van der Waals surface area contributed by atoms with Gasteiger partial charge in [-0.3, -0.25) is 9.59 Å². The summed E-state index contributed by atoms with van der Waals surface area (Å²) in [5.74, 6) is -1.34. The molecule has 1 unspecified atom stereocenters. The summed E-state index contributed by atoms with van der Waals surface area (Å²) >= 11 is 0. The molecule has 0 spiro atoms. The van der Waals surface area contributed by atoms with Crippen molar-refractivity contribution in [2.75, 3.05) is 26.7 Å². The largest absolute Gasteiger partial charge is 0.497 e. The van der Waals surface area contributed by atoms with Gasteiger partial charge >= 0.3 is 0 Å². The molecule has 45 heavy (non-hydrogen) atoms. The van der Waals surface area contributed by atoms with Crippen LogP contribution in [-0.2, 0) is 12.8 Å². The van der Waals surface area contributed by atoms with E-state index in [1.54, 1.807) is 30.2 Å². The van der Waals surface area contributed by atoms with Crippen molar-refractivity contribution in [3.8, 4) is 5.75 Å². The van der Waals surface area contributed by atoms with E-state index in [0.29, 0.717) is 24.2 Å². The van der Waals surface area contributed by atoms with Gasteiger partial charge in [0, 0.05) is 42.9 Å². The second-order valence-corrected chi connectivity index (χ2v) is 11.9. The van der Waals surface area contributed by atoms with Gasteiger partial charge in [-0.1, -0.05) is 19.9 Å². The van der Waals surface area contributed by atoms with Gasteiger partial charge in [0.05, 0.1) is 19.3 Å². The predicted octanol–water partition coefficient (Wildman–Crippen LogP) is 5.91. The van der Waals surface area contributed by atoms with Gasteiger partial charge in [-0.25, -0.2) is 8.78 Å². The van der Waals surface area contributed by atoms with E-state index in [9.17, 15) is 23.5 Å². The van der Waals surface area contributed by atoms with E-state index in [-0.39, 0.29) is 30.5 Å². The minimum atomic E-state index is -1.09. The second kappa shape index (κ2) is 16.0. The molecule has 0 aliphatic heterocycles. The van der Waals surface area contributed by atoms with Crippen LogP contribution in [-0.4, -0.2) is 60.7 Å². The molecule has 0 fully saturated rings. The molecule has 1 aliphatic carbocycles. The van der Waals surface area contributed by atoms with Gasteiger partial charge in [0.1, 0.15) is 17.4 Å². The lowest BCUT2D eigenvalue weighted by molar-refractivity contribution is 0.0755. The molecule has 3 aromatic rings. The van der Waals surface area contributed by atoms with Gasteiger partial charge in [-0.15, -0.1) is 0 Å². The molecule has 0 bridgehead atoms. The number of fused-ring (bicyclic) bond motifs is 1. The summed E-state index contributed by atoms with van der Waals surface area (Å²) in [7, 11) is 1.62. The van der Waals surface area contributed by atoms with Crippen molar-refractivity contribution in [2.45, 2.75) is 77.5 Å². The molecule has 3 atom stereocenters. The average Bonchev–Trinajstić information content (AvgIpc) is 3.01. The highest BCUT2D eigenvalue weighted by atomic mass is 19.1. The quantitative estimate of drug-likeness (QED) is 0.208. The molecule has 1 aliphatic rings. The van der Waals surface area contributed by atoms with Crippen LogP contribution in [0.25, 0.3) is 0 Å². The number of nitrogens with one attached hydrogen (secondary N) is 2. The molecule has 0 radical (unpaired) electrons. The minimum absolute atomic E-state index is 0.00325. The van der Waals surface area contributed by atoms with Crippen LogP contribution in [0.1, 0.15) is 88.5 Å². The lowest BCUT2D eigenvalue weighted by atomic mass is 9.87. The van der Waals surface area contributed by atoms with Crippen molar-refractivity contribution < 1.29 is 28.2 Å². The highest BCUT2D eigenvalue weighted by molar-refractivity contribution is 6.00. The topological polar surface area (TPSA) is 90.9 Å². The third kappa shape index (κ3) is 9.11. The molecule has 9 heteroatoms. The van der Waals surface area contributed by atoms with Crippen molar-refractivity contribution >= 4 is 11.8 Å². The minimum Gasteiger partial charge on any atom is -0.497 e. The Labute approximate surface area is 265 Å². The van der Waals surface area contributed by atoms with E-state index in [1.165, 1.54) is 17.7 Å². The van der Waals surface area contributed by atoms with E-state index in [2.05, 4.69) is 16.7 Å². The summed E-state index contributed by atoms with van der Waals surface area (Å²) in [5, 5.41) is 17.8. The Morgan fingerprint density at radius 2 is 1.69 bits per heavy atom. The van der Waals surface area contributed by atoms with E-state index in [0.717, 1.165) is 55.0 Å². The van der Waals surface area contributed by atoms with E-state index in [1.807, 2.05) is 32.9 Å². The molecule has 3 aromatic carbocycles. The predicted molar refractivity (Wildman–Crippen MR) is 172 cm³/mol. The van der Waals surface area contributed by atoms with Crippen LogP contribution in [0.3, 0.4) is 0 Å². The Morgan fingerprint density at radius 3 is 2.36 bits per heavy atom. The smallest absolute Gasteiger partial charge is 0.253 e. The Morgan fingerprint density at radius 1 is 1.00 bits per heavy atom. The van der Waals surface area contributed by atoms with E-state index >= 15 is 0 Å². The number of aliphatic hydroxyl groups excluding tert-OH is 1. The number of hydrogen-bond acceptors (Lipinski definition) is 5. The Hall–Kier alpha value is -3.82. The number of carbonyl (C=O) groups is 2. The van der Waals surface area contributed by atoms with Crippen LogP contribution >= 0.6 is 0 Å². The zero-order valence-corrected chi connectivity index (χ0v) is 26.7. The number of halogens is 2. The highest BCUT2D eigenvalue weighted by Gasteiger charge is 2.27. The Balaban J connectivity index is 1.56. The first kappa shape index (κ1) is 34.1. The first-order valence-electron chi connectivity index (χ1n) is 15.9. The Kier molecular flexibility index (Phi) is 12.1. The van der Waals surface area contributed by atoms with Crippen molar-refractivity contribution in [1.82, 2.24) is 15.5 Å². The monoisotopic (exact) mass is 621 g/mol. The molecular weight excluding hydrogens is 576 g/mol.